The van der Waals surface area contributed by atoms with Crippen LogP contribution >= 0.6 is 0 Å². The standard InChI is InChI=1S/C23H30O2/c1-14(10-22(24)25)6-7-17-11-20(17)18-8-9-19-16(3)15(2)13-23(4,5)21(19)12-18/h6-10,12,15-17,20H,11,13H2,1-5H3,(H,24,25). The molecule has 4 unspecified atom stereocenters. The summed E-state index contributed by atoms with van der Waals surface area (Å²) >= 11 is 0. The first kappa shape index (κ1) is 18.0. The Hall–Kier alpha value is -1.83. The summed E-state index contributed by atoms with van der Waals surface area (Å²) in [6.07, 6.45) is 7.80. The van der Waals surface area contributed by atoms with Crippen LogP contribution in [0.15, 0.2) is 42.0 Å². The van der Waals surface area contributed by atoms with Gasteiger partial charge in [-0.1, -0.05) is 58.0 Å². The van der Waals surface area contributed by atoms with Crippen LogP contribution in [0, 0.1) is 11.8 Å². The average Bonchev–Trinajstić information content (AvgIpc) is 3.29. The van der Waals surface area contributed by atoms with Crippen LogP contribution in [0.2, 0.25) is 0 Å². The molecule has 0 aliphatic heterocycles. The average molecular weight is 338 g/mol. The minimum Gasteiger partial charge on any atom is -0.478 e. The first-order chi connectivity index (χ1) is 11.7. The van der Waals surface area contributed by atoms with Crippen LogP contribution in [-0.2, 0) is 10.2 Å². The van der Waals surface area contributed by atoms with Crippen LogP contribution in [0.1, 0.15) is 76.0 Å². The first-order valence-electron chi connectivity index (χ1n) is 9.43. The number of hydrogen-bond donors (Lipinski definition) is 1. The molecular formula is C23H30O2. The van der Waals surface area contributed by atoms with Crippen molar-refractivity contribution < 1.29 is 9.90 Å². The van der Waals surface area contributed by atoms with Crippen molar-refractivity contribution in [3.63, 3.8) is 0 Å². The number of carbonyl (C=O) groups is 1. The summed E-state index contributed by atoms with van der Waals surface area (Å²) in [6, 6.07) is 7.14. The van der Waals surface area contributed by atoms with Crippen molar-refractivity contribution in [1.82, 2.24) is 0 Å². The van der Waals surface area contributed by atoms with Crippen LogP contribution in [0.5, 0.6) is 0 Å². The Bertz CT molecular complexity index is 738. The Morgan fingerprint density at radius 3 is 2.68 bits per heavy atom. The molecule has 1 N–H and O–H groups in total. The number of rotatable bonds is 4. The van der Waals surface area contributed by atoms with Gasteiger partial charge in [0.1, 0.15) is 0 Å². The first-order valence-corrected chi connectivity index (χ1v) is 9.43. The van der Waals surface area contributed by atoms with E-state index < -0.39 is 5.97 Å². The molecule has 0 spiro atoms. The molecule has 0 bridgehead atoms. The van der Waals surface area contributed by atoms with Gasteiger partial charge >= 0.3 is 5.97 Å². The molecule has 134 valence electrons. The minimum absolute atomic E-state index is 0.248. The molecule has 2 aliphatic rings. The fourth-order valence-corrected chi connectivity index (χ4v) is 4.51. The third-order valence-electron chi connectivity index (χ3n) is 6.21. The van der Waals surface area contributed by atoms with Crippen LogP contribution in [0.4, 0.5) is 0 Å². The molecule has 4 atom stereocenters. The quantitative estimate of drug-likeness (QED) is 0.556. The van der Waals surface area contributed by atoms with Gasteiger partial charge in [0, 0.05) is 6.08 Å². The fraction of sp³-hybridized carbons (Fsp3) is 0.522. The van der Waals surface area contributed by atoms with Crippen molar-refractivity contribution in [2.45, 2.75) is 64.7 Å². The summed E-state index contributed by atoms with van der Waals surface area (Å²) < 4.78 is 0. The van der Waals surface area contributed by atoms with Crippen molar-refractivity contribution in [1.29, 1.82) is 0 Å². The van der Waals surface area contributed by atoms with E-state index in [0.29, 0.717) is 17.8 Å². The maximum absolute atomic E-state index is 10.7. The number of carboxylic acids is 1. The highest BCUT2D eigenvalue weighted by Crippen LogP contribution is 2.51. The van der Waals surface area contributed by atoms with Crippen molar-refractivity contribution in [3.8, 4) is 0 Å². The Labute approximate surface area is 151 Å². The van der Waals surface area contributed by atoms with Gasteiger partial charge in [0.2, 0.25) is 0 Å². The summed E-state index contributed by atoms with van der Waals surface area (Å²) in [6.45, 7) is 11.3. The summed E-state index contributed by atoms with van der Waals surface area (Å²) in [5.41, 5.74) is 5.56. The van der Waals surface area contributed by atoms with Gasteiger partial charge in [-0.3, -0.25) is 0 Å². The molecule has 1 aromatic carbocycles. The van der Waals surface area contributed by atoms with E-state index in [9.17, 15) is 4.79 Å². The zero-order valence-corrected chi connectivity index (χ0v) is 16.0. The highest BCUT2D eigenvalue weighted by Gasteiger charge is 2.39. The van der Waals surface area contributed by atoms with Crippen molar-refractivity contribution >= 4 is 5.97 Å². The van der Waals surface area contributed by atoms with Crippen LogP contribution in [0.25, 0.3) is 0 Å². The largest absolute Gasteiger partial charge is 0.478 e. The number of fused-ring (bicyclic) bond motifs is 1. The third kappa shape index (κ3) is 3.73. The molecule has 2 heteroatoms. The van der Waals surface area contributed by atoms with Crippen molar-refractivity contribution in [3.05, 3.63) is 58.7 Å². The smallest absolute Gasteiger partial charge is 0.328 e. The van der Waals surface area contributed by atoms with E-state index in [1.54, 1.807) is 0 Å². The molecule has 2 nitrogen and oxygen atoms in total. The maximum Gasteiger partial charge on any atom is 0.328 e. The predicted octanol–water partition coefficient (Wildman–Crippen LogP) is 5.80. The number of benzene rings is 1. The zero-order chi connectivity index (χ0) is 18.4. The molecular weight excluding hydrogens is 308 g/mol. The lowest BCUT2D eigenvalue weighted by Gasteiger charge is -2.40. The Morgan fingerprint density at radius 2 is 2.00 bits per heavy atom. The topological polar surface area (TPSA) is 37.3 Å². The maximum atomic E-state index is 10.7. The van der Waals surface area contributed by atoms with Gasteiger partial charge in [-0.05, 0) is 71.1 Å². The molecule has 2 aliphatic carbocycles. The van der Waals surface area contributed by atoms with Crippen molar-refractivity contribution in [2.24, 2.45) is 11.8 Å². The lowest BCUT2D eigenvalue weighted by atomic mass is 9.64. The van der Waals surface area contributed by atoms with Crippen LogP contribution in [-0.4, -0.2) is 11.1 Å². The van der Waals surface area contributed by atoms with Gasteiger partial charge in [-0.2, -0.15) is 0 Å². The van der Waals surface area contributed by atoms with Crippen LogP contribution < -0.4 is 0 Å². The Balaban J connectivity index is 1.78. The van der Waals surface area contributed by atoms with E-state index in [0.717, 1.165) is 11.5 Å². The second-order valence-corrected chi connectivity index (χ2v) is 8.79. The molecule has 1 saturated carbocycles. The third-order valence-corrected chi connectivity index (χ3v) is 6.21. The van der Waals surface area contributed by atoms with E-state index >= 15 is 0 Å². The lowest BCUT2D eigenvalue weighted by molar-refractivity contribution is -0.131. The molecule has 0 radical (unpaired) electrons. The van der Waals surface area contributed by atoms with Gasteiger partial charge in [-0.15, -0.1) is 0 Å². The molecule has 0 aromatic heterocycles. The summed E-state index contributed by atoms with van der Waals surface area (Å²) in [5.74, 6) is 1.61. The molecule has 0 saturated heterocycles. The van der Waals surface area contributed by atoms with E-state index in [1.165, 1.54) is 35.6 Å². The van der Waals surface area contributed by atoms with Crippen LogP contribution in [0.3, 0.4) is 0 Å². The summed E-state index contributed by atoms with van der Waals surface area (Å²) in [4.78, 5) is 10.7. The summed E-state index contributed by atoms with van der Waals surface area (Å²) in [7, 11) is 0. The number of aliphatic carboxylic acids is 1. The fourth-order valence-electron chi connectivity index (χ4n) is 4.51. The Kier molecular flexibility index (Phi) is 4.66. The number of hydrogen-bond acceptors (Lipinski definition) is 1. The van der Waals surface area contributed by atoms with E-state index in [-0.39, 0.29) is 5.41 Å². The summed E-state index contributed by atoms with van der Waals surface area (Å²) in [5, 5.41) is 8.79. The second kappa shape index (κ2) is 6.48. The second-order valence-electron chi connectivity index (χ2n) is 8.79. The SMILES string of the molecule is CC(C=CC1CC1c1ccc2c(c1)C(C)(C)CC(C)C2C)=CC(=O)O. The molecule has 25 heavy (non-hydrogen) atoms. The molecule has 0 amide bonds. The van der Waals surface area contributed by atoms with E-state index in [4.69, 9.17) is 5.11 Å². The minimum atomic E-state index is -0.880. The number of carboxylic acid groups (broad SMARTS) is 1. The van der Waals surface area contributed by atoms with E-state index in [1.807, 2.05) is 13.0 Å². The lowest BCUT2D eigenvalue weighted by Crippen LogP contribution is -2.30. The molecule has 3 rings (SSSR count). The Morgan fingerprint density at radius 1 is 1.28 bits per heavy atom. The molecule has 1 fully saturated rings. The van der Waals surface area contributed by atoms with Gasteiger partial charge in [0.25, 0.3) is 0 Å². The normalized spacial score (nSPS) is 31.0. The molecule has 0 heterocycles. The zero-order valence-electron chi connectivity index (χ0n) is 16.0. The monoisotopic (exact) mass is 338 g/mol. The highest BCUT2D eigenvalue weighted by atomic mass is 16.4. The van der Waals surface area contributed by atoms with E-state index in [2.05, 4.69) is 52.0 Å². The van der Waals surface area contributed by atoms with Gasteiger partial charge < -0.3 is 5.11 Å². The molecule has 1 aromatic rings. The predicted molar refractivity (Wildman–Crippen MR) is 103 cm³/mol. The van der Waals surface area contributed by atoms with Crippen molar-refractivity contribution in [2.75, 3.05) is 0 Å². The number of allylic oxidation sites excluding steroid dienone is 3. The van der Waals surface area contributed by atoms with Gasteiger partial charge in [0.05, 0.1) is 0 Å². The van der Waals surface area contributed by atoms with Gasteiger partial charge in [-0.25, -0.2) is 4.79 Å². The highest BCUT2D eigenvalue weighted by molar-refractivity contribution is 5.81. The van der Waals surface area contributed by atoms with Gasteiger partial charge in [0.15, 0.2) is 0 Å².